The van der Waals surface area contributed by atoms with Gasteiger partial charge in [-0.2, -0.15) is 0 Å². The summed E-state index contributed by atoms with van der Waals surface area (Å²) in [5.41, 5.74) is 0.838. The molecule has 0 atom stereocenters. The van der Waals surface area contributed by atoms with Crippen molar-refractivity contribution in [2.24, 2.45) is 5.41 Å². The molecule has 88 valence electrons. The van der Waals surface area contributed by atoms with Crippen LogP contribution < -0.4 is 0 Å². The van der Waals surface area contributed by atoms with E-state index in [1.54, 1.807) is 19.1 Å². The molecule has 3 heteroatoms. The molecule has 1 nitrogen and oxygen atoms in total. The Morgan fingerprint density at radius 1 is 1.44 bits per heavy atom. The lowest BCUT2D eigenvalue weighted by Crippen LogP contribution is -2.18. The van der Waals surface area contributed by atoms with Crippen LogP contribution in [0.2, 0.25) is 5.02 Å². The summed E-state index contributed by atoms with van der Waals surface area (Å²) in [4.78, 5) is 11.1. The van der Waals surface area contributed by atoms with Crippen LogP contribution in [0.4, 0.5) is 4.39 Å². The van der Waals surface area contributed by atoms with Crippen molar-refractivity contribution in [3.8, 4) is 0 Å². The van der Waals surface area contributed by atoms with Crippen molar-refractivity contribution in [3.63, 3.8) is 0 Å². The summed E-state index contributed by atoms with van der Waals surface area (Å²) in [5, 5.41) is 0.135. The SMILES string of the molecule is CC(=O)CC(C)(C)Cc1ccc(F)c(Cl)c1. The van der Waals surface area contributed by atoms with Gasteiger partial charge in [-0.3, -0.25) is 0 Å². The van der Waals surface area contributed by atoms with Gasteiger partial charge in [-0.05, 0) is 36.5 Å². The highest BCUT2D eigenvalue weighted by Gasteiger charge is 2.20. The van der Waals surface area contributed by atoms with Crippen LogP contribution in [0.25, 0.3) is 0 Å². The predicted molar refractivity (Wildman–Crippen MR) is 64.2 cm³/mol. The molecular weight excluding hydrogens is 227 g/mol. The molecule has 0 heterocycles. The van der Waals surface area contributed by atoms with E-state index in [0.29, 0.717) is 12.8 Å². The number of halogens is 2. The number of carbonyl (C=O) groups is 1. The molecule has 0 spiro atoms. The summed E-state index contributed by atoms with van der Waals surface area (Å²) in [6.07, 6.45) is 1.23. The van der Waals surface area contributed by atoms with Crippen LogP contribution in [0.1, 0.15) is 32.8 Å². The molecule has 1 aromatic rings. The first-order chi connectivity index (χ1) is 7.30. The Kier molecular flexibility index (Phi) is 4.09. The number of rotatable bonds is 4. The Morgan fingerprint density at radius 2 is 2.06 bits per heavy atom. The van der Waals surface area contributed by atoms with Gasteiger partial charge in [0.15, 0.2) is 0 Å². The van der Waals surface area contributed by atoms with Crippen molar-refractivity contribution < 1.29 is 9.18 Å². The van der Waals surface area contributed by atoms with Crippen molar-refractivity contribution in [3.05, 3.63) is 34.6 Å². The van der Waals surface area contributed by atoms with E-state index in [2.05, 4.69) is 0 Å². The van der Waals surface area contributed by atoms with Gasteiger partial charge in [0.25, 0.3) is 0 Å². The minimum absolute atomic E-state index is 0.118. The third-order valence-electron chi connectivity index (χ3n) is 2.39. The Morgan fingerprint density at radius 3 is 2.56 bits per heavy atom. The van der Waals surface area contributed by atoms with E-state index in [1.807, 2.05) is 13.8 Å². The number of hydrogen-bond acceptors (Lipinski definition) is 1. The lowest BCUT2D eigenvalue weighted by molar-refractivity contribution is -0.118. The van der Waals surface area contributed by atoms with Crippen molar-refractivity contribution >= 4 is 17.4 Å². The second-order valence-electron chi connectivity index (χ2n) is 4.97. The van der Waals surface area contributed by atoms with Crippen LogP contribution in [0, 0.1) is 11.2 Å². The third-order valence-corrected chi connectivity index (χ3v) is 2.68. The summed E-state index contributed by atoms with van der Waals surface area (Å²) in [5.74, 6) is -0.243. The summed E-state index contributed by atoms with van der Waals surface area (Å²) >= 11 is 5.71. The molecular formula is C13H16ClFO. The van der Waals surface area contributed by atoms with Crippen LogP contribution in [-0.4, -0.2) is 5.78 Å². The molecule has 0 aromatic heterocycles. The highest BCUT2D eigenvalue weighted by atomic mass is 35.5. The first-order valence-electron chi connectivity index (χ1n) is 5.23. The van der Waals surface area contributed by atoms with E-state index in [-0.39, 0.29) is 16.2 Å². The fourth-order valence-corrected chi connectivity index (χ4v) is 2.14. The predicted octanol–water partition coefficient (Wildman–Crippen LogP) is 4.03. The van der Waals surface area contributed by atoms with E-state index in [4.69, 9.17) is 11.6 Å². The largest absolute Gasteiger partial charge is 0.300 e. The number of hydrogen-bond donors (Lipinski definition) is 0. The van der Waals surface area contributed by atoms with Crippen molar-refractivity contribution in [1.29, 1.82) is 0 Å². The van der Waals surface area contributed by atoms with Gasteiger partial charge in [0.1, 0.15) is 11.6 Å². The highest BCUT2D eigenvalue weighted by Crippen LogP contribution is 2.28. The van der Waals surface area contributed by atoms with Gasteiger partial charge in [-0.1, -0.05) is 31.5 Å². The van der Waals surface area contributed by atoms with Gasteiger partial charge in [0.05, 0.1) is 5.02 Å². The Bertz CT molecular complexity index is 399. The van der Waals surface area contributed by atoms with Gasteiger partial charge in [-0.15, -0.1) is 0 Å². The van der Waals surface area contributed by atoms with Crippen LogP contribution in [-0.2, 0) is 11.2 Å². The second-order valence-corrected chi connectivity index (χ2v) is 5.38. The zero-order valence-corrected chi connectivity index (χ0v) is 10.6. The average Bonchev–Trinajstić information content (AvgIpc) is 2.08. The monoisotopic (exact) mass is 242 g/mol. The zero-order valence-electron chi connectivity index (χ0n) is 9.81. The Labute approximate surface area is 101 Å². The van der Waals surface area contributed by atoms with Gasteiger partial charge in [-0.25, -0.2) is 4.39 Å². The van der Waals surface area contributed by atoms with Gasteiger partial charge >= 0.3 is 0 Å². The van der Waals surface area contributed by atoms with Crippen LogP contribution in [0.15, 0.2) is 18.2 Å². The minimum Gasteiger partial charge on any atom is -0.300 e. The van der Waals surface area contributed by atoms with Gasteiger partial charge < -0.3 is 4.79 Å². The third kappa shape index (κ3) is 3.93. The maximum absolute atomic E-state index is 13.0. The number of benzene rings is 1. The summed E-state index contributed by atoms with van der Waals surface area (Å²) < 4.78 is 13.0. The molecule has 0 aliphatic carbocycles. The molecule has 0 N–H and O–H groups in total. The molecule has 0 saturated heterocycles. The minimum atomic E-state index is -0.408. The van der Waals surface area contributed by atoms with Gasteiger partial charge in [0, 0.05) is 6.42 Å². The lowest BCUT2D eigenvalue weighted by Gasteiger charge is -2.23. The molecule has 0 radical (unpaired) electrons. The lowest BCUT2D eigenvalue weighted by atomic mass is 9.81. The van der Waals surface area contributed by atoms with Crippen LogP contribution in [0.5, 0.6) is 0 Å². The summed E-state index contributed by atoms with van der Waals surface area (Å²) in [7, 11) is 0. The quantitative estimate of drug-likeness (QED) is 0.779. The Balaban J connectivity index is 2.79. The van der Waals surface area contributed by atoms with E-state index in [1.165, 1.54) is 6.07 Å². The fourth-order valence-electron chi connectivity index (χ4n) is 1.94. The normalized spacial score (nSPS) is 11.6. The van der Waals surface area contributed by atoms with Crippen molar-refractivity contribution in [1.82, 2.24) is 0 Å². The number of carbonyl (C=O) groups excluding carboxylic acids is 1. The van der Waals surface area contributed by atoms with E-state index < -0.39 is 5.82 Å². The van der Waals surface area contributed by atoms with E-state index >= 15 is 0 Å². The molecule has 1 aromatic carbocycles. The molecule has 0 fully saturated rings. The molecule has 0 saturated carbocycles. The summed E-state index contributed by atoms with van der Waals surface area (Å²) in [6, 6.07) is 4.70. The molecule has 16 heavy (non-hydrogen) atoms. The van der Waals surface area contributed by atoms with Crippen LogP contribution >= 0.6 is 11.6 Å². The molecule has 0 unspecified atom stereocenters. The first kappa shape index (κ1) is 13.2. The number of ketones is 1. The second kappa shape index (κ2) is 4.96. The molecule has 0 aliphatic heterocycles. The molecule has 1 rings (SSSR count). The van der Waals surface area contributed by atoms with Crippen LogP contribution in [0.3, 0.4) is 0 Å². The van der Waals surface area contributed by atoms with E-state index in [9.17, 15) is 9.18 Å². The molecule has 0 aliphatic rings. The van der Waals surface area contributed by atoms with Crippen molar-refractivity contribution in [2.75, 3.05) is 0 Å². The average molecular weight is 243 g/mol. The van der Waals surface area contributed by atoms with Gasteiger partial charge in [0.2, 0.25) is 0 Å². The fraction of sp³-hybridized carbons (Fsp3) is 0.462. The Hall–Kier alpha value is -0.890. The smallest absolute Gasteiger partial charge is 0.141 e. The highest BCUT2D eigenvalue weighted by molar-refractivity contribution is 6.30. The number of Topliss-reactive ketones (excluding diaryl/α,β-unsaturated/α-hetero) is 1. The van der Waals surface area contributed by atoms with E-state index in [0.717, 1.165) is 5.56 Å². The molecule has 0 amide bonds. The topological polar surface area (TPSA) is 17.1 Å². The maximum Gasteiger partial charge on any atom is 0.141 e. The van der Waals surface area contributed by atoms with Crippen molar-refractivity contribution in [2.45, 2.75) is 33.6 Å². The standard InChI is InChI=1S/C13H16ClFO/c1-9(16)7-13(2,3)8-10-4-5-12(15)11(14)6-10/h4-6H,7-8H2,1-3H3. The first-order valence-corrected chi connectivity index (χ1v) is 5.61. The zero-order chi connectivity index (χ0) is 12.3. The molecule has 0 bridgehead atoms. The maximum atomic E-state index is 13.0. The summed E-state index contributed by atoms with van der Waals surface area (Å²) in [6.45, 7) is 5.62.